The molecular weight excluding hydrogens is 272 g/mol. The fourth-order valence-electron chi connectivity index (χ4n) is 5.97. The van der Waals surface area contributed by atoms with E-state index in [9.17, 15) is 10.2 Å². The van der Waals surface area contributed by atoms with Crippen LogP contribution < -0.4 is 0 Å². The number of hydrogen-bond acceptors (Lipinski definition) is 2. The van der Waals surface area contributed by atoms with E-state index in [4.69, 9.17) is 0 Å². The molecule has 1 unspecified atom stereocenters. The van der Waals surface area contributed by atoms with Crippen molar-refractivity contribution in [2.75, 3.05) is 0 Å². The van der Waals surface area contributed by atoms with Crippen LogP contribution in [0.4, 0.5) is 0 Å². The predicted molar refractivity (Wildman–Crippen MR) is 90.1 cm³/mol. The van der Waals surface area contributed by atoms with Crippen molar-refractivity contribution in [1.29, 1.82) is 0 Å². The van der Waals surface area contributed by atoms with Crippen molar-refractivity contribution in [3.8, 4) is 0 Å². The largest absolute Gasteiger partial charge is 0.368 e. The molecule has 0 radical (unpaired) electrons. The van der Waals surface area contributed by atoms with Gasteiger partial charge in [0.25, 0.3) is 0 Å². The van der Waals surface area contributed by atoms with Gasteiger partial charge in [0.15, 0.2) is 6.29 Å². The molecule has 2 heteroatoms. The molecule has 0 aromatic rings. The van der Waals surface area contributed by atoms with Crippen LogP contribution in [0.3, 0.4) is 0 Å². The molecule has 0 amide bonds. The Balaban J connectivity index is 1.96. The van der Waals surface area contributed by atoms with E-state index in [2.05, 4.69) is 39.5 Å². The first kappa shape index (κ1) is 16.3. The van der Waals surface area contributed by atoms with Gasteiger partial charge in [-0.1, -0.05) is 44.9 Å². The molecule has 2 N–H and O–H groups in total. The summed E-state index contributed by atoms with van der Waals surface area (Å²) >= 11 is 0. The quantitative estimate of drug-likeness (QED) is 0.585. The van der Waals surface area contributed by atoms with Gasteiger partial charge >= 0.3 is 0 Å². The third kappa shape index (κ3) is 2.22. The van der Waals surface area contributed by atoms with Crippen LogP contribution in [0.1, 0.15) is 65.7 Å². The second-order valence-electron chi connectivity index (χ2n) is 8.93. The Morgan fingerprint density at radius 1 is 1.23 bits per heavy atom. The van der Waals surface area contributed by atoms with Gasteiger partial charge < -0.3 is 10.2 Å². The second kappa shape index (κ2) is 5.21. The van der Waals surface area contributed by atoms with Gasteiger partial charge in [-0.15, -0.1) is 6.58 Å². The highest BCUT2D eigenvalue weighted by atomic mass is 16.5. The molecule has 0 aromatic heterocycles. The van der Waals surface area contributed by atoms with E-state index in [1.54, 1.807) is 5.57 Å². The number of aliphatic hydroxyl groups excluding tert-OH is 1. The minimum atomic E-state index is -1.20. The Labute approximate surface area is 135 Å². The number of aliphatic hydroxyl groups is 2. The van der Waals surface area contributed by atoms with Crippen LogP contribution in [0.2, 0.25) is 0 Å². The smallest absolute Gasteiger partial charge is 0.157 e. The summed E-state index contributed by atoms with van der Waals surface area (Å²) in [6.07, 6.45) is 11.2. The zero-order valence-electron chi connectivity index (χ0n) is 14.4. The van der Waals surface area contributed by atoms with E-state index >= 15 is 0 Å². The van der Waals surface area contributed by atoms with Crippen LogP contribution in [0.5, 0.6) is 0 Å². The van der Waals surface area contributed by atoms with Crippen molar-refractivity contribution < 1.29 is 10.2 Å². The maximum absolute atomic E-state index is 10.0. The van der Waals surface area contributed by atoms with Gasteiger partial charge in [0.2, 0.25) is 0 Å². The summed E-state index contributed by atoms with van der Waals surface area (Å²) in [5, 5.41) is 20.1. The third-order valence-corrected chi connectivity index (χ3v) is 7.58. The first-order valence-electron chi connectivity index (χ1n) is 8.94. The molecule has 22 heavy (non-hydrogen) atoms. The van der Waals surface area contributed by atoms with Crippen LogP contribution >= 0.6 is 0 Å². The normalized spacial score (nSPS) is 48.4. The van der Waals surface area contributed by atoms with Crippen molar-refractivity contribution >= 4 is 0 Å². The van der Waals surface area contributed by atoms with Crippen molar-refractivity contribution in [3.63, 3.8) is 0 Å². The molecule has 0 heterocycles. The van der Waals surface area contributed by atoms with Crippen LogP contribution in [-0.4, -0.2) is 16.5 Å². The SMILES string of the molecule is C=C[C@@]1(C)CC[C@H]2C(=CCC3[C@](C)(C(O)O)CCC[C@@]32C)C1. The highest BCUT2D eigenvalue weighted by Crippen LogP contribution is 2.64. The second-order valence-corrected chi connectivity index (χ2v) is 8.93. The van der Waals surface area contributed by atoms with Gasteiger partial charge in [0.05, 0.1) is 0 Å². The molecule has 0 aromatic carbocycles. The molecule has 0 aliphatic heterocycles. The fourth-order valence-corrected chi connectivity index (χ4v) is 5.97. The minimum Gasteiger partial charge on any atom is -0.368 e. The van der Waals surface area contributed by atoms with E-state index in [1.165, 1.54) is 19.3 Å². The lowest BCUT2D eigenvalue weighted by atomic mass is 9.45. The molecule has 2 fully saturated rings. The van der Waals surface area contributed by atoms with Gasteiger partial charge in [-0.2, -0.15) is 0 Å². The maximum Gasteiger partial charge on any atom is 0.157 e. The number of rotatable bonds is 2. The number of allylic oxidation sites excluding steroid dienone is 3. The van der Waals surface area contributed by atoms with Gasteiger partial charge in [-0.05, 0) is 61.2 Å². The zero-order valence-corrected chi connectivity index (χ0v) is 14.4. The number of hydrogen-bond donors (Lipinski definition) is 2. The molecule has 124 valence electrons. The summed E-state index contributed by atoms with van der Waals surface area (Å²) in [5.41, 5.74) is 1.74. The van der Waals surface area contributed by atoms with E-state index in [0.717, 1.165) is 25.7 Å². The molecule has 2 saturated carbocycles. The van der Waals surface area contributed by atoms with E-state index < -0.39 is 6.29 Å². The lowest BCUT2D eigenvalue weighted by Gasteiger charge is -2.60. The van der Waals surface area contributed by atoms with E-state index in [-0.39, 0.29) is 16.2 Å². The lowest BCUT2D eigenvalue weighted by molar-refractivity contribution is -0.197. The van der Waals surface area contributed by atoms with Crippen LogP contribution in [0.25, 0.3) is 0 Å². The van der Waals surface area contributed by atoms with E-state index in [0.29, 0.717) is 11.8 Å². The highest BCUT2D eigenvalue weighted by Gasteiger charge is 2.57. The monoisotopic (exact) mass is 304 g/mol. The Kier molecular flexibility index (Phi) is 3.85. The van der Waals surface area contributed by atoms with Gasteiger partial charge in [0, 0.05) is 5.41 Å². The van der Waals surface area contributed by atoms with Crippen molar-refractivity contribution in [1.82, 2.24) is 0 Å². The Morgan fingerprint density at radius 3 is 2.59 bits per heavy atom. The first-order chi connectivity index (χ1) is 10.3. The third-order valence-electron chi connectivity index (χ3n) is 7.58. The Hall–Kier alpha value is -0.600. The molecule has 2 nitrogen and oxygen atoms in total. The summed E-state index contributed by atoms with van der Waals surface area (Å²) in [4.78, 5) is 0. The van der Waals surface area contributed by atoms with Crippen LogP contribution in [0, 0.1) is 28.1 Å². The predicted octanol–water partition coefficient (Wildman–Crippen LogP) is 4.43. The zero-order chi connectivity index (χ0) is 16.2. The molecule has 3 aliphatic rings. The summed E-state index contributed by atoms with van der Waals surface area (Å²) in [5.74, 6) is 1.01. The van der Waals surface area contributed by atoms with Gasteiger partial charge in [0.1, 0.15) is 0 Å². The molecule has 3 aliphatic carbocycles. The summed E-state index contributed by atoms with van der Waals surface area (Å²) in [7, 11) is 0. The Bertz CT molecular complexity index is 494. The van der Waals surface area contributed by atoms with Crippen LogP contribution in [-0.2, 0) is 0 Å². The Morgan fingerprint density at radius 2 is 1.95 bits per heavy atom. The average molecular weight is 304 g/mol. The van der Waals surface area contributed by atoms with Crippen molar-refractivity contribution in [2.24, 2.45) is 28.1 Å². The van der Waals surface area contributed by atoms with E-state index in [1.807, 2.05) is 0 Å². The lowest BCUT2D eigenvalue weighted by Crippen LogP contribution is -2.54. The van der Waals surface area contributed by atoms with Gasteiger partial charge in [-0.25, -0.2) is 0 Å². The topological polar surface area (TPSA) is 40.5 Å². The fraction of sp³-hybridized carbons (Fsp3) is 0.800. The molecule has 0 bridgehead atoms. The molecule has 5 atom stereocenters. The van der Waals surface area contributed by atoms with Gasteiger partial charge in [-0.3, -0.25) is 0 Å². The highest BCUT2D eigenvalue weighted by molar-refractivity contribution is 5.25. The maximum atomic E-state index is 10.0. The first-order valence-corrected chi connectivity index (χ1v) is 8.94. The van der Waals surface area contributed by atoms with Crippen LogP contribution in [0.15, 0.2) is 24.3 Å². The summed E-state index contributed by atoms with van der Waals surface area (Å²) < 4.78 is 0. The summed E-state index contributed by atoms with van der Waals surface area (Å²) in [6.45, 7) is 10.9. The molecule has 0 saturated heterocycles. The molecule has 0 spiro atoms. The van der Waals surface area contributed by atoms with Crippen molar-refractivity contribution in [2.45, 2.75) is 72.0 Å². The summed E-state index contributed by atoms with van der Waals surface area (Å²) in [6, 6.07) is 0. The number of fused-ring (bicyclic) bond motifs is 3. The average Bonchev–Trinajstić information content (AvgIpc) is 2.46. The molecular formula is C20H32O2. The minimum absolute atomic E-state index is 0.225. The standard InChI is InChI=1S/C20H32O2/c1-5-18(2)12-9-15-14(13-18)7-8-16-19(15,3)10-6-11-20(16,4)17(21)22/h5,7,15-17,21-22H,1,6,8-13H2,2-4H3/t15-,16?,18-,19+,20+/m0/s1. The van der Waals surface area contributed by atoms with Crippen molar-refractivity contribution in [3.05, 3.63) is 24.3 Å². The molecule has 3 rings (SSSR count).